The fraction of sp³-hybridized carbons (Fsp3) is 0.389. The van der Waals surface area contributed by atoms with E-state index in [0.717, 1.165) is 11.3 Å². The van der Waals surface area contributed by atoms with Gasteiger partial charge in [-0.3, -0.25) is 9.59 Å². The van der Waals surface area contributed by atoms with E-state index in [2.05, 4.69) is 9.97 Å². The average molecular weight is 346 g/mol. The molecule has 0 saturated carbocycles. The number of aryl methyl sites for hydroxylation is 1. The summed E-state index contributed by atoms with van der Waals surface area (Å²) in [4.78, 5) is 33.5. The summed E-state index contributed by atoms with van der Waals surface area (Å²) in [6.07, 6.45) is 1.17. The molecule has 1 aromatic heterocycles. The molecule has 0 spiro atoms. The molecule has 0 fully saturated rings. The number of halogens is 1. The van der Waals surface area contributed by atoms with Crippen LogP contribution in [0.2, 0.25) is 0 Å². The molecule has 0 saturated heterocycles. The first-order valence-electron chi connectivity index (χ1n) is 8.03. The highest BCUT2D eigenvalue weighted by Gasteiger charge is 2.26. The molecule has 126 valence electrons. The molecule has 0 bridgehead atoms. The van der Waals surface area contributed by atoms with E-state index >= 15 is 0 Å². The van der Waals surface area contributed by atoms with E-state index in [1.54, 1.807) is 11.8 Å². The number of fused-ring (bicyclic) bond motifs is 1. The van der Waals surface area contributed by atoms with Gasteiger partial charge in [0.05, 0.1) is 17.8 Å². The summed E-state index contributed by atoms with van der Waals surface area (Å²) in [7, 11) is 0. The summed E-state index contributed by atoms with van der Waals surface area (Å²) < 4.78 is 0. The number of hydrogen-bond acceptors (Lipinski definition) is 3. The van der Waals surface area contributed by atoms with Crippen molar-refractivity contribution in [3.63, 3.8) is 0 Å². The number of carbonyl (C=O) groups excluding carboxylic acids is 1. The molecule has 1 aromatic carbocycles. The molecule has 3 rings (SSSR count). The third-order valence-corrected chi connectivity index (χ3v) is 4.45. The number of amides is 1. The standard InChI is InChI=1S/C18H20ClN3O2/c1-11-3-5-13(6-4-11)9-16-20-15-7-8-22(18(24)12(2)19)10-14(15)17(23)21-16/h3-6,12H,7-10H2,1-2H3,(H,20,21,23)/t12-/m1/s1. The minimum Gasteiger partial charge on any atom is -0.336 e. The van der Waals surface area contributed by atoms with Crippen LogP contribution in [-0.4, -0.2) is 32.7 Å². The lowest BCUT2D eigenvalue weighted by atomic mass is 10.1. The van der Waals surface area contributed by atoms with Crippen LogP contribution in [0.3, 0.4) is 0 Å². The second-order valence-corrected chi connectivity index (χ2v) is 6.88. The van der Waals surface area contributed by atoms with Crippen LogP contribution < -0.4 is 5.56 Å². The van der Waals surface area contributed by atoms with Gasteiger partial charge in [0, 0.05) is 19.4 Å². The number of H-pyrrole nitrogens is 1. The highest BCUT2D eigenvalue weighted by molar-refractivity contribution is 6.30. The van der Waals surface area contributed by atoms with Crippen LogP contribution in [-0.2, 0) is 24.2 Å². The lowest BCUT2D eigenvalue weighted by Crippen LogP contribution is -2.42. The number of hydrogen-bond donors (Lipinski definition) is 1. The van der Waals surface area contributed by atoms with E-state index in [9.17, 15) is 9.59 Å². The van der Waals surface area contributed by atoms with Crippen molar-refractivity contribution >= 4 is 17.5 Å². The Morgan fingerprint density at radius 1 is 1.38 bits per heavy atom. The van der Waals surface area contributed by atoms with Crippen molar-refractivity contribution in [2.45, 2.75) is 38.6 Å². The second kappa shape index (κ2) is 6.77. The Hall–Kier alpha value is -2.14. The SMILES string of the molecule is Cc1ccc(Cc2nc3c(c(=O)[nH]2)CN(C(=O)[C@@H](C)Cl)CC3)cc1. The summed E-state index contributed by atoms with van der Waals surface area (Å²) in [6, 6.07) is 8.17. The van der Waals surface area contributed by atoms with E-state index in [0.29, 0.717) is 30.8 Å². The zero-order chi connectivity index (χ0) is 17.3. The average Bonchev–Trinajstić information content (AvgIpc) is 2.56. The second-order valence-electron chi connectivity index (χ2n) is 6.23. The Bertz CT molecular complexity index is 812. The Labute approximate surface area is 145 Å². The molecule has 1 atom stereocenters. The monoisotopic (exact) mass is 345 g/mol. The van der Waals surface area contributed by atoms with Crippen LogP contribution in [0.1, 0.15) is 35.1 Å². The molecule has 2 heterocycles. The highest BCUT2D eigenvalue weighted by Crippen LogP contribution is 2.17. The molecular formula is C18H20ClN3O2. The van der Waals surface area contributed by atoms with Crippen LogP contribution >= 0.6 is 11.6 Å². The Balaban J connectivity index is 1.83. The largest absolute Gasteiger partial charge is 0.336 e. The topological polar surface area (TPSA) is 66.1 Å². The number of nitrogens with zero attached hydrogens (tertiary/aromatic N) is 2. The normalized spacial score (nSPS) is 15.0. The fourth-order valence-electron chi connectivity index (χ4n) is 2.90. The van der Waals surface area contributed by atoms with Gasteiger partial charge in [0.1, 0.15) is 11.2 Å². The van der Waals surface area contributed by atoms with Gasteiger partial charge in [-0.1, -0.05) is 29.8 Å². The third-order valence-electron chi connectivity index (χ3n) is 4.26. The lowest BCUT2D eigenvalue weighted by molar-refractivity contribution is -0.131. The van der Waals surface area contributed by atoms with Crippen LogP contribution in [0, 0.1) is 6.92 Å². The van der Waals surface area contributed by atoms with Crippen LogP contribution in [0.25, 0.3) is 0 Å². The van der Waals surface area contributed by atoms with Crippen molar-refractivity contribution in [1.29, 1.82) is 0 Å². The van der Waals surface area contributed by atoms with Gasteiger partial charge < -0.3 is 9.88 Å². The van der Waals surface area contributed by atoms with E-state index in [4.69, 9.17) is 11.6 Å². The van der Waals surface area contributed by atoms with Gasteiger partial charge in [0.25, 0.3) is 5.56 Å². The van der Waals surface area contributed by atoms with Gasteiger partial charge in [-0.15, -0.1) is 11.6 Å². The van der Waals surface area contributed by atoms with Gasteiger partial charge in [-0.25, -0.2) is 4.98 Å². The number of rotatable bonds is 3. The maximum Gasteiger partial charge on any atom is 0.256 e. The maximum atomic E-state index is 12.4. The van der Waals surface area contributed by atoms with Crippen molar-refractivity contribution in [3.05, 3.63) is 62.8 Å². The Kier molecular flexibility index (Phi) is 4.71. The van der Waals surface area contributed by atoms with Gasteiger partial charge in [0.2, 0.25) is 5.91 Å². The lowest BCUT2D eigenvalue weighted by Gasteiger charge is -2.28. The Morgan fingerprint density at radius 3 is 2.75 bits per heavy atom. The first kappa shape index (κ1) is 16.7. The number of alkyl halides is 1. The maximum absolute atomic E-state index is 12.4. The summed E-state index contributed by atoms with van der Waals surface area (Å²) in [5, 5.41) is -0.584. The first-order valence-corrected chi connectivity index (χ1v) is 8.47. The van der Waals surface area contributed by atoms with E-state index in [1.165, 1.54) is 5.56 Å². The number of benzene rings is 1. The molecule has 1 aliphatic heterocycles. The van der Waals surface area contributed by atoms with E-state index in [1.807, 2.05) is 31.2 Å². The zero-order valence-corrected chi connectivity index (χ0v) is 14.6. The van der Waals surface area contributed by atoms with Crippen molar-refractivity contribution in [3.8, 4) is 0 Å². The quantitative estimate of drug-likeness (QED) is 0.867. The molecular weight excluding hydrogens is 326 g/mol. The van der Waals surface area contributed by atoms with Crippen LogP contribution in [0.5, 0.6) is 0 Å². The van der Waals surface area contributed by atoms with Crippen molar-refractivity contribution in [2.24, 2.45) is 0 Å². The molecule has 1 N–H and O–H groups in total. The molecule has 1 aliphatic rings. The van der Waals surface area contributed by atoms with Crippen molar-refractivity contribution in [2.75, 3.05) is 6.54 Å². The van der Waals surface area contributed by atoms with Crippen molar-refractivity contribution in [1.82, 2.24) is 14.9 Å². The van der Waals surface area contributed by atoms with E-state index in [-0.39, 0.29) is 18.0 Å². The molecule has 1 amide bonds. The van der Waals surface area contributed by atoms with Gasteiger partial charge >= 0.3 is 0 Å². The zero-order valence-electron chi connectivity index (χ0n) is 13.8. The minimum atomic E-state index is -0.584. The molecule has 0 radical (unpaired) electrons. The first-order chi connectivity index (χ1) is 11.4. The predicted octanol–water partition coefficient (Wildman–Crippen LogP) is 2.18. The van der Waals surface area contributed by atoms with Crippen LogP contribution in [0.15, 0.2) is 29.1 Å². The van der Waals surface area contributed by atoms with Crippen molar-refractivity contribution < 1.29 is 4.79 Å². The van der Waals surface area contributed by atoms with E-state index < -0.39 is 5.38 Å². The third kappa shape index (κ3) is 3.51. The summed E-state index contributed by atoms with van der Waals surface area (Å²) in [5.41, 5.74) is 3.49. The summed E-state index contributed by atoms with van der Waals surface area (Å²) in [6.45, 7) is 4.51. The molecule has 0 aliphatic carbocycles. The van der Waals surface area contributed by atoms with Gasteiger partial charge in [-0.05, 0) is 19.4 Å². The summed E-state index contributed by atoms with van der Waals surface area (Å²) >= 11 is 5.86. The smallest absolute Gasteiger partial charge is 0.256 e. The number of carbonyl (C=O) groups is 1. The Morgan fingerprint density at radius 2 is 2.08 bits per heavy atom. The molecule has 6 heteroatoms. The number of aromatic amines is 1. The highest BCUT2D eigenvalue weighted by atomic mass is 35.5. The number of nitrogens with one attached hydrogen (secondary N) is 1. The molecule has 0 unspecified atom stereocenters. The predicted molar refractivity (Wildman–Crippen MR) is 93.3 cm³/mol. The fourth-order valence-corrected chi connectivity index (χ4v) is 3.04. The molecule has 5 nitrogen and oxygen atoms in total. The molecule has 2 aromatic rings. The minimum absolute atomic E-state index is 0.148. The molecule has 24 heavy (non-hydrogen) atoms. The van der Waals surface area contributed by atoms with Gasteiger partial charge in [0.15, 0.2) is 0 Å². The summed E-state index contributed by atoms with van der Waals surface area (Å²) in [5.74, 6) is 0.513. The van der Waals surface area contributed by atoms with Crippen LogP contribution in [0.4, 0.5) is 0 Å². The number of aromatic nitrogens is 2. The van der Waals surface area contributed by atoms with Gasteiger partial charge in [-0.2, -0.15) is 0 Å².